The Morgan fingerprint density at radius 2 is 1.03 bits per heavy atom. The standard InChI is InChI=1S/C33H23O2/c1(2-4-14-24-26-16-6-10-20-30(26)34-31-21-11-7-17-27(24)31)3-5-15-25-28-18-8-12-22-32(28)35-33-23-13-9-19-29(25)33/h1-23H/q+1. The molecule has 0 N–H and O–H groups in total. The number of para-hydroxylation sites is 4. The van der Waals surface area contributed by atoms with Crippen molar-refractivity contribution in [2.75, 3.05) is 0 Å². The quantitative estimate of drug-likeness (QED) is 0.151. The number of hydrogen-bond donors (Lipinski definition) is 0. The zero-order chi connectivity index (χ0) is 23.5. The van der Waals surface area contributed by atoms with E-state index in [0.29, 0.717) is 0 Å². The molecule has 0 amide bonds. The first-order valence-electron chi connectivity index (χ1n) is 11.7. The molecule has 0 unspecified atom stereocenters. The molecule has 2 nitrogen and oxygen atoms in total. The number of ether oxygens (including phenoxy) is 1. The number of allylic oxidation sites excluding steroid dienone is 6. The average molecular weight is 452 g/mol. The minimum absolute atomic E-state index is 0.887. The van der Waals surface area contributed by atoms with Crippen LogP contribution in [0.1, 0.15) is 16.7 Å². The second-order valence-electron chi connectivity index (χ2n) is 8.31. The summed E-state index contributed by atoms with van der Waals surface area (Å²) in [6, 6.07) is 32.6. The van der Waals surface area contributed by atoms with E-state index in [9.17, 15) is 0 Å². The van der Waals surface area contributed by atoms with Gasteiger partial charge in [0.15, 0.2) is 0 Å². The summed E-state index contributed by atoms with van der Waals surface area (Å²) >= 11 is 0. The molecular formula is C33H23O2+. The highest BCUT2D eigenvalue weighted by Gasteiger charge is 2.20. The molecule has 0 bridgehead atoms. The van der Waals surface area contributed by atoms with Gasteiger partial charge >= 0.3 is 11.2 Å². The fourth-order valence-electron chi connectivity index (χ4n) is 4.49. The summed E-state index contributed by atoms with van der Waals surface area (Å²) in [5.74, 6) is 1.77. The van der Waals surface area contributed by atoms with Gasteiger partial charge in [0, 0.05) is 28.8 Å². The van der Waals surface area contributed by atoms with Crippen LogP contribution in [0.4, 0.5) is 0 Å². The van der Waals surface area contributed by atoms with E-state index in [2.05, 4.69) is 60.7 Å². The van der Waals surface area contributed by atoms with Crippen molar-refractivity contribution in [2.24, 2.45) is 0 Å². The van der Waals surface area contributed by atoms with Gasteiger partial charge < -0.3 is 4.74 Å². The van der Waals surface area contributed by atoms with Crippen molar-refractivity contribution in [3.8, 4) is 11.5 Å². The van der Waals surface area contributed by atoms with Crippen LogP contribution in [-0.4, -0.2) is 0 Å². The smallest absolute Gasteiger partial charge is 0.361 e. The molecule has 5 aromatic rings. The van der Waals surface area contributed by atoms with Crippen molar-refractivity contribution in [3.63, 3.8) is 0 Å². The van der Waals surface area contributed by atoms with Crippen molar-refractivity contribution in [2.45, 2.75) is 0 Å². The van der Waals surface area contributed by atoms with Crippen LogP contribution < -0.4 is 4.74 Å². The Balaban J connectivity index is 1.27. The molecule has 0 radical (unpaired) electrons. The zero-order valence-electron chi connectivity index (χ0n) is 19.1. The lowest BCUT2D eigenvalue weighted by Gasteiger charge is -2.22. The van der Waals surface area contributed by atoms with E-state index in [1.807, 2.05) is 78.9 Å². The van der Waals surface area contributed by atoms with Gasteiger partial charge in [-0.1, -0.05) is 103 Å². The average Bonchev–Trinajstić information content (AvgIpc) is 2.91. The van der Waals surface area contributed by atoms with E-state index in [1.165, 1.54) is 0 Å². The van der Waals surface area contributed by atoms with Gasteiger partial charge in [-0.25, -0.2) is 4.42 Å². The molecule has 6 rings (SSSR count). The Labute approximate surface area is 204 Å². The molecular weight excluding hydrogens is 428 g/mol. The SMILES string of the molecule is C(=CC=Cc1c2ccccc2[o+]c2ccccc12)C=CC=C1c2ccccc2Oc2ccccc21. The lowest BCUT2D eigenvalue weighted by Crippen LogP contribution is -2.01. The topological polar surface area (TPSA) is 20.5 Å². The maximum atomic E-state index is 6.08. The molecule has 0 spiro atoms. The molecule has 1 aromatic heterocycles. The minimum Gasteiger partial charge on any atom is -0.456 e. The predicted molar refractivity (Wildman–Crippen MR) is 145 cm³/mol. The lowest BCUT2D eigenvalue weighted by atomic mass is 9.93. The molecule has 166 valence electrons. The third-order valence-corrected chi connectivity index (χ3v) is 6.12. The molecule has 2 heterocycles. The summed E-state index contributed by atoms with van der Waals surface area (Å²) in [6.45, 7) is 0. The molecule has 2 heteroatoms. The molecule has 35 heavy (non-hydrogen) atoms. The Morgan fingerprint density at radius 1 is 0.514 bits per heavy atom. The van der Waals surface area contributed by atoms with E-state index in [1.54, 1.807) is 0 Å². The largest absolute Gasteiger partial charge is 0.456 e. The van der Waals surface area contributed by atoms with Gasteiger partial charge in [0.2, 0.25) is 0 Å². The van der Waals surface area contributed by atoms with Crippen molar-refractivity contribution in [1.29, 1.82) is 0 Å². The van der Waals surface area contributed by atoms with Gasteiger partial charge in [-0.3, -0.25) is 0 Å². The highest BCUT2D eigenvalue weighted by Crippen LogP contribution is 2.43. The van der Waals surface area contributed by atoms with E-state index in [-0.39, 0.29) is 0 Å². The predicted octanol–water partition coefficient (Wildman–Crippen LogP) is 9.23. The van der Waals surface area contributed by atoms with Crippen LogP contribution in [0.3, 0.4) is 0 Å². The van der Waals surface area contributed by atoms with Crippen LogP contribution in [0.25, 0.3) is 33.6 Å². The van der Waals surface area contributed by atoms with Gasteiger partial charge in [0.1, 0.15) is 11.5 Å². The lowest BCUT2D eigenvalue weighted by molar-refractivity contribution is 0.474. The first kappa shape index (κ1) is 20.9. The first-order chi connectivity index (χ1) is 17.4. The van der Waals surface area contributed by atoms with E-state index in [4.69, 9.17) is 9.15 Å². The molecule has 0 aliphatic carbocycles. The Bertz CT molecular complexity index is 1570. The van der Waals surface area contributed by atoms with Crippen LogP contribution in [0.15, 0.2) is 138 Å². The second-order valence-corrected chi connectivity index (χ2v) is 8.31. The monoisotopic (exact) mass is 451 g/mol. The minimum atomic E-state index is 0.887. The molecule has 0 fully saturated rings. The van der Waals surface area contributed by atoms with Crippen molar-refractivity contribution < 1.29 is 9.15 Å². The van der Waals surface area contributed by atoms with Gasteiger partial charge in [-0.05, 0) is 29.8 Å². The van der Waals surface area contributed by atoms with Crippen LogP contribution in [0.5, 0.6) is 11.5 Å². The maximum Gasteiger partial charge on any atom is 0.361 e. The fourth-order valence-corrected chi connectivity index (χ4v) is 4.49. The summed E-state index contributed by atoms with van der Waals surface area (Å²) in [5.41, 5.74) is 6.31. The highest BCUT2D eigenvalue weighted by molar-refractivity contribution is 6.00. The van der Waals surface area contributed by atoms with E-state index < -0.39 is 0 Å². The van der Waals surface area contributed by atoms with Crippen molar-refractivity contribution >= 4 is 33.6 Å². The Morgan fingerprint density at radius 3 is 1.69 bits per heavy atom. The van der Waals surface area contributed by atoms with E-state index in [0.717, 1.165) is 55.7 Å². The highest BCUT2D eigenvalue weighted by atomic mass is 16.5. The van der Waals surface area contributed by atoms with Crippen LogP contribution in [0.2, 0.25) is 0 Å². The molecule has 4 aromatic carbocycles. The second kappa shape index (κ2) is 9.28. The Hall–Kier alpha value is -4.69. The zero-order valence-corrected chi connectivity index (χ0v) is 19.1. The molecule has 1 aliphatic rings. The fraction of sp³-hybridized carbons (Fsp3) is 0. The van der Waals surface area contributed by atoms with Crippen LogP contribution in [-0.2, 0) is 0 Å². The summed E-state index contributed by atoms with van der Waals surface area (Å²) in [4.78, 5) is 0. The molecule has 1 aliphatic heterocycles. The number of rotatable bonds is 4. The third kappa shape index (κ3) is 4.07. The Kier molecular flexibility index (Phi) is 5.54. The summed E-state index contributed by atoms with van der Waals surface area (Å²) < 4.78 is 12.2. The van der Waals surface area contributed by atoms with Gasteiger partial charge in [0.05, 0.1) is 10.8 Å². The summed E-state index contributed by atoms with van der Waals surface area (Å²) in [5, 5.41) is 2.21. The number of fused-ring (bicyclic) bond motifs is 4. The molecule has 0 saturated carbocycles. The van der Waals surface area contributed by atoms with Crippen molar-refractivity contribution in [1.82, 2.24) is 0 Å². The maximum absolute atomic E-state index is 6.08. The van der Waals surface area contributed by atoms with Gasteiger partial charge in [-0.15, -0.1) is 0 Å². The molecule has 0 atom stereocenters. The van der Waals surface area contributed by atoms with E-state index >= 15 is 0 Å². The van der Waals surface area contributed by atoms with Crippen LogP contribution in [0, 0.1) is 0 Å². The third-order valence-electron chi connectivity index (χ3n) is 6.12. The first-order valence-corrected chi connectivity index (χ1v) is 11.7. The normalized spacial score (nSPS) is 13.0. The number of benzene rings is 4. The summed E-state index contributed by atoms with van der Waals surface area (Å²) in [7, 11) is 0. The summed E-state index contributed by atoms with van der Waals surface area (Å²) in [6.07, 6.45) is 14.6. The number of hydrogen-bond acceptors (Lipinski definition) is 1. The van der Waals surface area contributed by atoms with Gasteiger partial charge in [-0.2, -0.15) is 0 Å². The van der Waals surface area contributed by atoms with Crippen molar-refractivity contribution in [3.05, 3.63) is 150 Å². The van der Waals surface area contributed by atoms with Crippen LogP contribution >= 0.6 is 0 Å². The van der Waals surface area contributed by atoms with Gasteiger partial charge in [0.25, 0.3) is 0 Å². The molecule has 0 saturated heterocycles.